The second kappa shape index (κ2) is 7.90. The minimum atomic E-state index is 0.148. The average Bonchev–Trinajstić information content (AvgIpc) is 2.43. The monoisotopic (exact) mass is 278 g/mol. The Bertz CT molecular complexity index is 413. The van der Waals surface area contributed by atoms with Crippen LogP contribution in [0.25, 0.3) is 0 Å². The molecule has 0 radical (unpaired) electrons. The summed E-state index contributed by atoms with van der Waals surface area (Å²) < 4.78 is 5.18. The number of hydrogen-bond acceptors (Lipinski definition) is 3. The van der Waals surface area contributed by atoms with Crippen molar-refractivity contribution < 1.29 is 9.53 Å². The zero-order valence-corrected chi connectivity index (χ0v) is 13.1. The molecule has 1 atom stereocenters. The number of amides is 1. The summed E-state index contributed by atoms with van der Waals surface area (Å²) in [7, 11) is 5.23. The molecule has 0 aliphatic heterocycles. The average molecular weight is 278 g/mol. The van der Waals surface area contributed by atoms with Crippen molar-refractivity contribution in [2.75, 3.05) is 27.7 Å². The Labute approximate surface area is 122 Å². The van der Waals surface area contributed by atoms with E-state index in [1.807, 2.05) is 12.1 Å². The van der Waals surface area contributed by atoms with Crippen molar-refractivity contribution in [3.63, 3.8) is 0 Å². The second-order valence-corrected chi connectivity index (χ2v) is 5.49. The van der Waals surface area contributed by atoms with Gasteiger partial charge in [0.25, 0.3) is 0 Å². The van der Waals surface area contributed by atoms with Gasteiger partial charge in [-0.15, -0.1) is 0 Å². The van der Waals surface area contributed by atoms with Crippen LogP contribution in [0.3, 0.4) is 0 Å². The van der Waals surface area contributed by atoms with Gasteiger partial charge < -0.3 is 15.0 Å². The van der Waals surface area contributed by atoms with Crippen LogP contribution in [0.1, 0.15) is 31.9 Å². The number of hydrogen-bond donors (Lipinski definition) is 1. The summed E-state index contributed by atoms with van der Waals surface area (Å²) in [5, 5.41) is 3.47. The molecule has 0 fully saturated rings. The molecule has 20 heavy (non-hydrogen) atoms. The summed E-state index contributed by atoms with van der Waals surface area (Å²) >= 11 is 0. The van der Waals surface area contributed by atoms with Gasteiger partial charge in [-0.25, -0.2) is 0 Å². The van der Waals surface area contributed by atoms with E-state index in [0.717, 1.165) is 5.75 Å². The first-order chi connectivity index (χ1) is 9.45. The Morgan fingerprint density at radius 1 is 1.25 bits per heavy atom. The SMILES string of the molecule is COc1ccc([C@@H](NCCC(=O)N(C)C)C(C)C)cc1. The largest absolute Gasteiger partial charge is 0.497 e. The highest BCUT2D eigenvalue weighted by molar-refractivity contribution is 5.75. The lowest BCUT2D eigenvalue weighted by Gasteiger charge is -2.23. The van der Waals surface area contributed by atoms with E-state index in [0.29, 0.717) is 18.9 Å². The molecule has 1 rings (SSSR count). The third kappa shape index (κ3) is 4.85. The van der Waals surface area contributed by atoms with E-state index in [1.54, 1.807) is 26.1 Å². The van der Waals surface area contributed by atoms with Gasteiger partial charge in [-0.1, -0.05) is 26.0 Å². The predicted octanol–water partition coefficient (Wildman–Crippen LogP) is 2.46. The lowest BCUT2D eigenvalue weighted by atomic mass is 9.96. The summed E-state index contributed by atoms with van der Waals surface area (Å²) in [6, 6.07) is 8.33. The van der Waals surface area contributed by atoms with Crippen molar-refractivity contribution in [2.24, 2.45) is 5.92 Å². The Balaban J connectivity index is 2.62. The number of methoxy groups -OCH3 is 1. The van der Waals surface area contributed by atoms with E-state index in [9.17, 15) is 4.79 Å². The molecule has 0 saturated heterocycles. The molecule has 0 saturated carbocycles. The molecular weight excluding hydrogens is 252 g/mol. The van der Waals surface area contributed by atoms with Gasteiger partial charge in [0.1, 0.15) is 5.75 Å². The van der Waals surface area contributed by atoms with Crippen LogP contribution in [-0.4, -0.2) is 38.6 Å². The highest BCUT2D eigenvalue weighted by Crippen LogP contribution is 2.23. The Morgan fingerprint density at radius 3 is 2.30 bits per heavy atom. The van der Waals surface area contributed by atoms with Crippen LogP contribution in [-0.2, 0) is 4.79 Å². The first kappa shape index (κ1) is 16.5. The zero-order chi connectivity index (χ0) is 15.1. The molecule has 112 valence electrons. The third-order valence-electron chi connectivity index (χ3n) is 3.34. The fraction of sp³-hybridized carbons (Fsp3) is 0.562. The normalized spacial score (nSPS) is 12.3. The molecule has 0 aliphatic rings. The molecule has 0 aliphatic carbocycles. The molecule has 1 aromatic carbocycles. The van der Waals surface area contributed by atoms with Crippen molar-refractivity contribution >= 4 is 5.91 Å². The maximum atomic E-state index is 11.6. The maximum absolute atomic E-state index is 11.6. The number of nitrogens with zero attached hydrogens (tertiary/aromatic N) is 1. The number of carbonyl (C=O) groups is 1. The summed E-state index contributed by atoms with van der Waals surface area (Å²) in [5.41, 5.74) is 1.22. The van der Waals surface area contributed by atoms with E-state index in [1.165, 1.54) is 5.56 Å². The number of carbonyl (C=O) groups excluding carboxylic acids is 1. The standard InChI is InChI=1S/C16H26N2O2/c1-12(2)16(17-11-10-15(19)18(3)4)13-6-8-14(20-5)9-7-13/h6-9,12,16-17H,10-11H2,1-5H3/t16-/m0/s1. The first-order valence-corrected chi connectivity index (χ1v) is 7.03. The first-order valence-electron chi connectivity index (χ1n) is 7.03. The number of ether oxygens (including phenoxy) is 1. The van der Waals surface area contributed by atoms with E-state index in [2.05, 4.69) is 31.3 Å². The van der Waals surface area contributed by atoms with Crippen LogP contribution < -0.4 is 10.1 Å². The van der Waals surface area contributed by atoms with E-state index in [-0.39, 0.29) is 11.9 Å². The maximum Gasteiger partial charge on any atom is 0.223 e. The van der Waals surface area contributed by atoms with Gasteiger partial charge in [0.05, 0.1) is 7.11 Å². The molecule has 0 aromatic heterocycles. The van der Waals surface area contributed by atoms with Gasteiger partial charge in [0, 0.05) is 33.1 Å². The molecule has 1 amide bonds. The fourth-order valence-electron chi connectivity index (χ4n) is 2.11. The second-order valence-electron chi connectivity index (χ2n) is 5.49. The lowest BCUT2D eigenvalue weighted by Crippen LogP contribution is -2.31. The van der Waals surface area contributed by atoms with E-state index >= 15 is 0 Å². The Kier molecular flexibility index (Phi) is 6.52. The molecule has 1 N–H and O–H groups in total. The van der Waals surface area contributed by atoms with E-state index < -0.39 is 0 Å². The molecule has 0 unspecified atom stereocenters. The number of rotatable bonds is 7. The third-order valence-corrected chi connectivity index (χ3v) is 3.34. The van der Waals surface area contributed by atoms with Crippen LogP contribution in [0.2, 0.25) is 0 Å². The minimum absolute atomic E-state index is 0.148. The van der Waals surface area contributed by atoms with Crippen LogP contribution in [0.4, 0.5) is 0 Å². The predicted molar refractivity (Wildman–Crippen MR) is 81.9 cm³/mol. The summed E-state index contributed by atoms with van der Waals surface area (Å²) in [5.74, 6) is 1.46. The quantitative estimate of drug-likeness (QED) is 0.833. The molecule has 0 heterocycles. The summed E-state index contributed by atoms with van der Waals surface area (Å²) in [6.07, 6.45) is 0.520. The lowest BCUT2D eigenvalue weighted by molar-refractivity contribution is -0.128. The van der Waals surface area contributed by atoms with E-state index in [4.69, 9.17) is 4.74 Å². The van der Waals surface area contributed by atoms with Gasteiger partial charge in [0.15, 0.2) is 0 Å². The molecule has 4 nitrogen and oxygen atoms in total. The van der Waals surface area contributed by atoms with Crippen molar-refractivity contribution in [1.82, 2.24) is 10.2 Å². The van der Waals surface area contributed by atoms with Crippen molar-refractivity contribution in [2.45, 2.75) is 26.3 Å². The van der Waals surface area contributed by atoms with Gasteiger partial charge in [-0.2, -0.15) is 0 Å². The smallest absolute Gasteiger partial charge is 0.223 e. The van der Waals surface area contributed by atoms with Crippen LogP contribution in [0, 0.1) is 5.92 Å². The highest BCUT2D eigenvalue weighted by atomic mass is 16.5. The van der Waals surface area contributed by atoms with Crippen molar-refractivity contribution in [3.8, 4) is 5.75 Å². The van der Waals surface area contributed by atoms with Crippen LogP contribution in [0.15, 0.2) is 24.3 Å². The molecule has 4 heteroatoms. The van der Waals surface area contributed by atoms with Gasteiger partial charge in [-0.05, 0) is 23.6 Å². The Morgan fingerprint density at radius 2 is 1.85 bits per heavy atom. The van der Waals surface area contributed by atoms with Gasteiger partial charge in [-0.3, -0.25) is 4.79 Å². The van der Waals surface area contributed by atoms with Crippen LogP contribution in [0.5, 0.6) is 5.75 Å². The molecule has 0 bridgehead atoms. The van der Waals surface area contributed by atoms with Crippen molar-refractivity contribution in [1.29, 1.82) is 0 Å². The number of nitrogens with one attached hydrogen (secondary N) is 1. The molecule has 0 spiro atoms. The minimum Gasteiger partial charge on any atom is -0.497 e. The summed E-state index contributed by atoms with van der Waals surface area (Å²) in [6.45, 7) is 5.04. The zero-order valence-electron chi connectivity index (χ0n) is 13.1. The van der Waals surface area contributed by atoms with Crippen molar-refractivity contribution in [3.05, 3.63) is 29.8 Å². The fourth-order valence-corrected chi connectivity index (χ4v) is 2.11. The summed E-state index contributed by atoms with van der Waals surface area (Å²) in [4.78, 5) is 13.2. The van der Waals surface area contributed by atoms with Gasteiger partial charge in [0.2, 0.25) is 5.91 Å². The molecule has 1 aromatic rings. The van der Waals surface area contributed by atoms with Gasteiger partial charge >= 0.3 is 0 Å². The highest BCUT2D eigenvalue weighted by Gasteiger charge is 2.15. The number of benzene rings is 1. The topological polar surface area (TPSA) is 41.6 Å². The molecular formula is C16H26N2O2. The van der Waals surface area contributed by atoms with Crippen LogP contribution >= 0.6 is 0 Å². The Hall–Kier alpha value is -1.55.